The molecule has 0 aliphatic heterocycles. The second-order valence-corrected chi connectivity index (χ2v) is 4.27. The molecule has 0 spiro atoms. The molecule has 0 rings (SSSR count). The molecular weight excluding hydrogens is 174 g/mol. The SMILES string of the molecule is CCCCCCC(C)NC(C)COC. The largest absolute Gasteiger partial charge is 0.383 e. The second kappa shape index (κ2) is 9.47. The fourth-order valence-corrected chi connectivity index (χ4v) is 1.74. The van der Waals surface area contributed by atoms with Crippen molar-refractivity contribution >= 4 is 0 Å². The Bertz CT molecular complexity index is 117. The van der Waals surface area contributed by atoms with Gasteiger partial charge in [0.2, 0.25) is 0 Å². The van der Waals surface area contributed by atoms with E-state index in [9.17, 15) is 0 Å². The van der Waals surface area contributed by atoms with Crippen molar-refractivity contribution in [2.75, 3.05) is 13.7 Å². The van der Waals surface area contributed by atoms with Gasteiger partial charge in [0.1, 0.15) is 0 Å². The maximum atomic E-state index is 5.09. The van der Waals surface area contributed by atoms with Crippen molar-refractivity contribution < 1.29 is 4.74 Å². The van der Waals surface area contributed by atoms with Gasteiger partial charge < -0.3 is 10.1 Å². The van der Waals surface area contributed by atoms with Crippen LogP contribution in [0, 0.1) is 0 Å². The van der Waals surface area contributed by atoms with Gasteiger partial charge in [-0.15, -0.1) is 0 Å². The van der Waals surface area contributed by atoms with Gasteiger partial charge in [0, 0.05) is 19.2 Å². The molecule has 0 aromatic heterocycles. The van der Waals surface area contributed by atoms with Gasteiger partial charge in [0.05, 0.1) is 6.61 Å². The van der Waals surface area contributed by atoms with Crippen molar-refractivity contribution in [2.24, 2.45) is 0 Å². The standard InChI is InChI=1S/C12H27NO/c1-5-6-7-8-9-11(2)13-12(3)10-14-4/h11-13H,5-10H2,1-4H3. The second-order valence-electron chi connectivity index (χ2n) is 4.27. The van der Waals surface area contributed by atoms with Gasteiger partial charge in [-0.25, -0.2) is 0 Å². The molecule has 2 nitrogen and oxygen atoms in total. The van der Waals surface area contributed by atoms with E-state index in [1.54, 1.807) is 7.11 Å². The first kappa shape index (κ1) is 13.9. The molecule has 14 heavy (non-hydrogen) atoms. The van der Waals surface area contributed by atoms with Gasteiger partial charge in [-0.05, 0) is 20.3 Å². The first-order chi connectivity index (χ1) is 6.70. The third kappa shape index (κ3) is 8.52. The molecule has 0 aliphatic carbocycles. The molecular formula is C12H27NO. The van der Waals surface area contributed by atoms with Crippen LogP contribution in [0.25, 0.3) is 0 Å². The number of hydrogen-bond donors (Lipinski definition) is 1. The topological polar surface area (TPSA) is 21.3 Å². The molecule has 1 N–H and O–H groups in total. The van der Waals surface area contributed by atoms with Crippen LogP contribution in [0.15, 0.2) is 0 Å². The Kier molecular flexibility index (Phi) is 9.42. The number of methoxy groups -OCH3 is 1. The summed E-state index contributed by atoms with van der Waals surface area (Å²) in [5, 5.41) is 3.53. The lowest BCUT2D eigenvalue weighted by atomic mass is 10.1. The van der Waals surface area contributed by atoms with Crippen molar-refractivity contribution in [2.45, 2.75) is 65.0 Å². The summed E-state index contributed by atoms with van der Waals surface area (Å²) in [4.78, 5) is 0. The summed E-state index contributed by atoms with van der Waals surface area (Å²) in [6.07, 6.45) is 6.71. The van der Waals surface area contributed by atoms with E-state index in [1.807, 2.05) is 0 Å². The Hall–Kier alpha value is -0.0800. The normalized spacial score (nSPS) is 15.4. The van der Waals surface area contributed by atoms with Crippen molar-refractivity contribution in [3.05, 3.63) is 0 Å². The third-order valence-corrected chi connectivity index (χ3v) is 2.48. The molecule has 0 bridgehead atoms. The van der Waals surface area contributed by atoms with Crippen LogP contribution in [0.5, 0.6) is 0 Å². The zero-order valence-electron chi connectivity index (χ0n) is 10.3. The smallest absolute Gasteiger partial charge is 0.0613 e. The minimum atomic E-state index is 0.473. The molecule has 0 fully saturated rings. The monoisotopic (exact) mass is 201 g/mol. The quantitative estimate of drug-likeness (QED) is 0.579. The average molecular weight is 201 g/mol. The van der Waals surface area contributed by atoms with Crippen LogP contribution in [0.3, 0.4) is 0 Å². The van der Waals surface area contributed by atoms with Crippen molar-refractivity contribution in [1.29, 1.82) is 0 Å². The molecule has 2 atom stereocenters. The number of ether oxygens (including phenoxy) is 1. The van der Waals surface area contributed by atoms with Gasteiger partial charge in [-0.1, -0.05) is 32.6 Å². The van der Waals surface area contributed by atoms with Crippen LogP contribution < -0.4 is 5.32 Å². The highest BCUT2D eigenvalue weighted by Gasteiger charge is 2.05. The summed E-state index contributed by atoms with van der Waals surface area (Å²) in [6, 6.07) is 1.10. The van der Waals surface area contributed by atoms with E-state index in [4.69, 9.17) is 4.74 Å². The molecule has 0 radical (unpaired) electrons. The highest BCUT2D eigenvalue weighted by molar-refractivity contribution is 4.66. The third-order valence-electron chi connectivity index (χ3n) is 2.48. The maximum Gasteiger partial charge on any atom is 0.0613 e. The van der Waals surface area contributed by atoms with Gasteiger partial charge >= 0.3 is 0 Å². The van der Waals surface area contributed by atoms with E-state index in [0.29, 0.717) is 12.1 Å². The summed E-state index contributed by atoms with van der Waals surface area (Å²) in [6.45, 7) is 7.49. The first-order valence-electron chi connectivity index (χ1n) is 5.95. The predicted octanol–water partition coefficient (Wildman–Crippen LogP) is 2.97. The number of unbranched alkanes of at least 4 members (excludes halogenated alkanes) is 3. The fourth-order valence-electron chi connectivity index (χ4n) is 1.74. The minimum absolute atomic E-state index is 0.473. The Morgan fingerprint density at radius 1 is 1.07 bits per heavy atom. The van der Waals surface area contributed by atoms with Crippen LogP contribution >= 0.6 is 0 Å². The molecule has 2 heteroatoms. The molecule has 0 aromatic rings. The van der Waals surface area contributed by atoms with Gasteiger partial charge in [-0.3, -0.25) is 0 Å². The highest BCUT2D eigenvalue weighted by Crippen LogP contribution is 2.05. The number of rotatable bonds is 9. The summed E-state index contributed by atoms with van der Waals surface area (Å²) < 4.78 is 5.09. The van der Waals surface area contributed by atoms with Gasteiger partial charge in [0.25, 0.3) is 0 Å². The zero-order chi connectivity index (χ0) is 10.8. The van der Waals surface area contributed by atoms with E-state index >= 15 is 0 Å². The van der Waals surface area contributed by atoms with Gasteiger partial charge in [-0.2, -0.15) is 0 Å². The van der Waals surface area contributed by atoms with E-state index in [-0.39, 0.29) is 0 Å². The van der Waals surface area contributed by atoms with Gasteiger partial charge in [0.15, 0.2) is 0 Å². The van der Waals surface area contributed by atoms with Crippen LogP contribution in [0.4, 0.5) is 0 Å². The lowest BCUT2D eigenvalue weighted by molar-refractivity contribution is 0.166. The molecule has 0 aliphatic rings. The molecule has 0 amide bonds. The van der Waals surface area contributed by atoms with E-state index in [0.717, 1.165) is 6.61 Å². The maximum absolute atomic E-state index is 5.09. The van der Waals surface area contributed by atoms with Crippen LogP contribution in [-0.4, -0.2) is 25.8 Å². The van der Waals surface area contributed by atoms with Crippen molar-refractivity contribution in [1.82, 2.24) is 5.32 Å². The lowest BCUT2D eigenvalue weighted by Gasteiger charge is -2.19. The summed E-state index contributed by atoms with van der Waals surface area (Å²) in [5.74, 6) is 0. The van der Waals surface area contributed by atoms with E-state index in [1.165, 1.54) is 32.1 Å². The summed E-state index contributed by atoms with van der Waals surface area (Å²) in [5.41, 5.74) is 0. The minimum Gasteiger partial charge on any atom is -0.383 e. The van der Waals surface area contributed by atoms with Crippen LogP contribution in [-0.2, 0) is 4.74 Å². The predicted molar refractivity (Wildman–Crippen MR) is 62.7 cm³/mol. The summed E-state index contributed by atoms with van der Waals surface area (Å²) >= 11 is 0. The molecule has 0 saturated carbocycles. The highest BCUT2D eigenvalue weighted by atomic mass is 16.5. The average Bonchev–Trinajstić information content (AvgIpc) is 2.13. The molecule has 86 valence electrons. The Morgan fingerprint density at radius 3 is 2.36 bits per heavy atom. The number of hydrogen-bond acceptors (Lipinski definition) is 2. The Labute approximate surface area is 89.4 Å². The summed E-state index contributed by atoms with van der Waals surface area (Å²) in [7, 11) is 1.75. The Balaban J connectivity index is 3.30. The van der Waals surface area contributed by atoms with Crippen LogP contribution in [0.1, 0.15) is 52.9 Å². The first-order valence-corrected chi connectivity index (χ1v) is 5.95. The molecule has 0 saturated heterocycles. The zero-order valence-corrected chi connectivity index (χ0v) is 10.3. The number of nitrogens with one attached hydrogen (secondary N) is 1. The van der Waals surface area contributed by atoms with Crippen molar-refractivity contribution in [3.8, 4) is 0 Å². The Morgan fingerprint density at radius 2 is 1.79 bits per heavy atom. The fraction of sp³-hybridized carbons (Fsp3) is 1.00. The van der Waals surface area contributed by atoms with E-state index in [2.05, 4.69) is 26.1 Å². The van der Waals surface area contributed by atoms with E-state index < -0.39 is 0 Å². The molecule has 0 heterocycles. The molecule has 2 unspecified atom stereocenters. The van der Waals surface area contributed by atoms with Crippen LogP contribution in [0.2, 0.25) is 0 Å². The lowest BCUT2D eigenvalue weighted by Crippen LogP contribution is -2.37. The van der Waals surface area contributed by atoms with Crippen molar-refractivity contribution in [3.63, 3.8) is 0 Å². The molecule has 0 aromatic carbocycles.